The Morgan fingerprint density at radius 3 is 2.54 bits per heavy atom. The van der Waals surface area contributed by atoms with Crippen molar-refractivity contribution in [2.75, 3.05) is 6.61 Å². The first kappa shape index (κ1) is 17.7. The zero-order chi connectivity index (χ0) is 17.7. The van der Waals surface area contributed by atoms with E-state index in [4.69, 9.17) is 4.74 Å². The first-order chi connectivity index (χ1) is 11.3. The number of nitrogens with one attached hydrogen (secondary N) is 2. The SMILES string of the molecule is C[C@H](NC(=O)c1nc[nH]c1C(=O)OCC(C)(C)C)c1ccccc1. The molecule has 128 valence electrons. The number of nitrogens with zero attached hydrogens (tertiary/aromatic N) is 1. The standard InChI is InChI=1S/C18H23N3O3/c1-12(13-8-6-5-7-9-13)21-16(22)14-15(20-11-19-14)17(23)24-10-18(2,3)4/h5-9,11-12H,10H2,1-4H3,(H,19,20)(H,21,22)/t12-/m0/s1. The molecular formula is C18H23N3O3. The van der Waals surface area contributed by atoms with Crippen molar-refractivity contribution in [3.63, 3.8) is 0 Å². The van der Waals surface area contributed by atoms with E-state index in [2.05, 4.69) is 15.3 Å². The molecule has 0 aliphatic carbocycles. The molecule has 6 nitrogen and oxygen atoms in total. The molecule has 0 spiro atoms. The zero-order valence-electron chi connectivity index (χ0n) is 14.4. The van der Waals surface area contributed by atoms with Gasteiger partial charge >= 0.3 is 5.97 Å². The summed E-state index contributed by atoms with van der Waals surface area (Å²) >= 11 is 0. The van der Waals surface area contributed by atoms with Gasteiger partial charge in [0.25, 0.3) is 5.91 Å². The first-order valence-electron chi connectivity index (χ1n) is 7.84. The van der Waals surface area contributed by atoms with E-state index in [0.29, 0.717) is 0 Å². The van der Waals surface area contributed by atoms with Gasteiger partial charge in [0.05, 0.1) is 19.0 Å². The molecule has 0 saturated heterocycles. The minimum atomic E-state index is -0.583. The average Bonchev–Trinajstić information content (AvgIpc) is 3.02. The van der Waals surface area contributed by atoms with E-state index in [1.165, 1.54) is 6.33 Å². The molecule has 1 amide bonds. The number of aromatic nitrogens is 2. The molecule has 1 aromatic heterocycles. The molecular weight excluding hydrogens is 306 g/mol. The van der Waals surface area contributed by atoms with Gasteiger partial charge in [0.1, 0.15) is 0 Å². The Labute approximate surface area is 141 Å². The fraction of sp³-hybridized carbons (Fsp3) is 0.389. The monoisotopic (exact) mass is 329 g/mol. The van der Waals surface area contributed by atoms with Crippen molar-refractivity contribution in [1.29, 1.82) is 0 Å². The lowest BCUT2D eigenvalue weighted by Gasteiger charge is -2.17. The number of carbonyl (C=O) groups excluding carboxylic acids is 2. The third kappa shape index (κ3) is 4.68. The summed E-state index contributed by atoms with van der Waals surface area (Å²) in [6.45, 7) is 8.01. The minimum absolute atomic E-state index is 0.0386. The summed E-state index contributed by atoms with van der Waals surface area (Å²) in [5, 5.41) is 2.84. The molecule has 0 unspecified atom stereocenters. The van der Waals surface area contributed by atoms with E-state index < -0.39 is 11.9 Å². The van der Waals surface area contributed by atoms with Gasteiger partial charge in [0.2, 0.25) is 0 Å². The maximum absolute atomic E-state index is 12.4. The number of esters is 1. The van der Waals surface area contributed by atoms with Crippen LogP contribution in [-0.4, -0.2) is 28.5 Å². The quantitative estimate of drug-likeness (QED) is 0.826. The summed E-state index contributed by atoms with van der Waals surface area (Å²) in [4.78, 5) is 31.2. The molecule has 24 heavy (non-hydrogen) atoms. The molecule has 0 saturated carbocycles. The van der Waals surface area contributed by atoms with Crippen molar-refractivity contribution in [3.8, 4) is 0 Å². The summed E-state index contributed by atoms with van der Waals surface area (Å²) in [7, 11) is 0. The number of ether oxygens (including phenoxy) is 1. The van der Waals surface area contributed by atoms with E-state index in [0.717, 1.165) is 5.56 Å². The lowest BCUT2D eigenvalue weighted by atomic mass is 9.99. The number of benzene rings is 1. The number of imidazole rings is 1. The average molecular weight is 329 g/mol. The van der Waals surface area contributed by atoms with Crippen LogP contribution in [0.2, 0.25) is 0 Å². The number of hydrogen-bond donors (Lipinski definition) is 2. The predicted octanol–water partition coefficient (Wildman–Crippen LogP) is 3.10. The van der Waals surface area contributed by atoms with Gasteiger partial charge in [-0.1, -0.05) is 51.1 Å². The van der Waals surface area contributed by atoms with Crippen molar-refractivity contribution in [2.24, 2.45) is 5.41 Å². The van der Waals surface area contributed by atoms with Gasteiger partial charge in [-0.2, -0.15) is 0 Å². The first-order valence-corrected chi connectivity index (χ1v) is 7.84. The fourth-order valence-corrected chi connectivity index (χ4v) is 2.07. The van der Waals surface area contributed by atoms with Gasteiger partial charge in [-0.05, 0) is 17.9 Å². The Morgan fingerprint density at radius 1 is 1.25 bits per heavy atom. The lowest BCUT2D eigenvalue weighted by molar-refractivity contribution is 0.0358. The number of aromatic amines is 1. The van der Waals surface area contributed by atoms with Gasteiger partial charge in [-0.25, -0.2) is 9.78 Å². The minimum Gasteiger partial charge on any atom is -0.460 e. The molecule has 0 bridgehead atoms. The number of hydrogen-bond acceptors (Lipinski definition) is 4. The summed E-state index contributed by atoms with van der Waals surface area (Å²) < 4.78 is 5.24. The van der Waals surface area contributed by atoms with Crippen molar-refractivity contribution in [2.45, 2.75) is 33.7 Å². The van der Waals surface area contributed by atoms with Gasteiger partial charge in [-0.15, -0.1) is 0 Å². The van der Waals surface area contributed by atoms with Crippen molar-refractivity contribution >= 4 is 11.9 Å². The Bertz CT molecular complexity index is 702. The maximum Gasteiger partial charge on any atom is 0.357 e. The highest BCUT2D eigenvalue weighted by molar-refractivity contribution is 6.02. The van der Waals surface area contributed by atoms with Gasteiger partial charge in [0, 0.05) is 0 Å². The normalized spacial score (nSPS) is 12.5. The fourth-order valence-electron chi connectivity index (χ4n) is 2.07. The molecule has 2 aromatic rings. The van der Waals surface area contributed by atoms with Crippen LogP contribution in [0.3, 0.4) is 0 Å². The third-order valence-electron chi connectivity index (χ3n) is 3.34. The maximum atomic E-state index is 12.4. The van der Waals surface area contributed by atoms with Crippen LogP contribution in [0.1, 0.15) is 60.3 Å². The van der Waals surface area contributed by atoms with Crippen molar-refractivity contribution in [1.82, 2.24) is 15.3 Å². The molecule has 1 atom stereocenters. The molecule has 0 aliphatic heterocycles. The zero-order valence-corrected chi connectivity index (χ0v) is 14.4. The third-order valence-corrected chi connectivity index (χ3v) is 3.34. The number of amides is 1. The molecule has 1 aromatic carbocycles. The second kappa shape index (κ2) is 7.29. The summed E-state index contributed by atoms with van der Waals surface area (Å²) in [5.41, 5.74) is 0.923. The Hall–Kier alpha value is -2.63. The highest BCUT2D eigenvalue weighted by Gasteiger charge is 2.24. The van der Waals surface area contributed by atoms with E-state index in [1.807, 2.05) is 58.0 Å². The summed E-state index contributed by atoms with van der Waals surface area (Å²) in [6, 6.07) is 9.37. The summed E-state index contributed by atoms with van der Waals surface area (Å²) in [6.07, 6.45) is 1.32. The topological polar surface area (TPSA) is 84.1 Å². The molecule has 0 radical (unpaired) electrons. The lowest BCUT2D eigenvalue weighted by Crippen LogP contribution is -2.29. The van der Waals surface area contributed by atoms with Gasteiger partial charge < -0.3 is 15.0 Å². The predicted molar refractivity (Wildman–Crippen MR) is 90.6 cm³/mol. The number of carbonyl (C=O) groups is 2. The number of rotatable bonds is 5. The largest absolute Gasteiger partial charge is 0.460 e. The molecule has 6 heteroatoms. The van der Waals surface area contributed by atoms with Crippen LogP contribution in [0.4, 0.5) is 0 Å². The van der Waals surface area contributed by atoms with Crippen LogP contribution in [0, 0.1) is 5.41 Å². The molecule has 1 heterocycles. The highest BCUT2D eigenvalue weighted by atomic mass is 16.5. The van der Waals surface area contributed by atoms with Crippen molar-refractivity contribution < 1.29 is 14.3 Å². The molecule has 0 aliphatic rings. The van der Waals surface area contributed by atoms with Crippen LogP contribution in [-0.2, 0) is 4.74 Å². The Morgan fingerprint density at radius 2 is 1.92 bits per heavy atom. The van der Waals surface area contributed by atoms with E-state index in [-0.39, 0.29) is 29.5 Å². The smallest absolute Gasteiger partial charge is 0.357 e. The van der Waals surface area contributed by atoms with Crippen LogP contribution in [0.5, 0.6) is 0 Å². The van der Waals surface area contributed by atoms with Crippen LogP contribution < -0.4 is 5.32 Å². The second-order valence-electron chi connectivity index (χ2n) is 6.87. The molecule has 0 fully saturated rings. The van der Waals surface area contributed by atoms with Gasteiger partial charge in [0.15, 0.2) is 11.4 Å². The van der Waals surface area contributed by atoms with Gasteiger partial charge in [-0.3, -0.25) is 4.79 Å². The highest BCUT2D eigenvalue weighted by Crippen LogP contribution is 2.16. The Balaban J connectivity index is 2.06. The molecule has 2 rings (SSSR count). The van der Waals surface area contributed by atoms with Crippen LogP contribution >= 0.6 is 0 Å². The van der Waals surface area contributed by atoms with E-state index in [9.17, 15) is 9.59 Å². The van der Waals surface area contributed by atoms with Crippen molar-refractivity contribution in [3.05, 3.63) is 53.6 Å². The van der Waals surface area contributed by atoms with Crippen LogP contribution in [0.15, 0.2) is 36.7 Å². The second-order valence-corrected chi connectivity index (χ2v) is 6.87. The van der Waals surface area contributed by atoms with E-state index >= 15 is 0 Å². The number of H-pyrrole nitrogens is 1. The Kier molecular flexibility index (Phi) is 5.39. The molecule has 2 N–H and O–H groups in total. The van der Waals surface area contributed by atoms with Crippen LogP contribution in [0.25, 0.3) is 0 Å². The summed E-state index contributed by atoms with van der Waals surface area (Å²) in [5.74, 6) is -1.00. The van der Waals surface area contributed by atoms with E-state index in [1.54, 1.807) is 0 Å².